The largest absolute Gasteiger partial charge is 0.455 e. The molecule has 1 saturated heterocycles. The molecule has 1 aromatic rings. The van der Waals surface area contributed by atoms with Crippen molar-refractivity contribution in [3.05, 3.63) is 33.4 Å². The van der Waals surface area contributed by atoms with Gasteiger partial charge in [0.15, 0.2) is 0 Å². The van der Waals surface area contributed by atoms with E-state index in [4.69, 9.17) is 10.5 Å². The first-order valence-electron chi connectivity index (χ1n) is 7.94. The Morgan fingerprint density at radius 1 is 1.44 bits per heavy atom. The van der Waals surface area contributed by atoms with Crippen LogP contribution >= 0.6 is 23.1 Å². The topological polar surface area (TPSA) is 85.5 Å². The first kappa shape index (κ1) is 18.2. The van der Waals surface area contributed by atoms with Crippen molar-refractivity contribution in [2.24, 2.45) is 5.73 Å². The summed E-state index contributed by atoms with van der Waals surface area (Å²) in [7, 11) is 0. The molecule has 134 valence electrons. The minimum Gasteiger partial charge on any atom is -0.455 e. The predicted octanol–water partition coefficient (Wildman–Crippen LogP) is 2.30. The van der Waals surface area contributed by atoms with Gasteiger partial charge in [0, 0.05) is 10.6 Å². The number of rotatable bonds is 3. The Kier molecular flexibility index (Phi) is 4.78. The second-order valence-electron chi connectivity index (χ2n) is 6.95. The fraction of sp³-hybridized carbons (Fsp3) is 0.471. The summed E-state index contributed by atoms with van der Waals surface area (Å²) in [6.07, 6.45) is 3.80. The van der Waals surface area contributed by atoms with Gasteiger partial charge in [0.25, 0.3) is 0 Å². The second-order valence-corrected chi connectivity index (χ2v) is 8.94. The Bertz CT molecular complexity index is 776. The van der Waals surface area contributed by atoms with Gasteiger partial charge in [-0.3, -0.25) is 9.69 Å². The molecule has 2 aliphatic rings. The lowest BCUT2D eigenvalue weighted by Gasteiger charge is -2.48. The molecule has 0 aliphatic carbocycles. The van der Waals surface area contributed by atoms with E-state index < -0.39 is 17.6 Å². The minimum absolute atomic E-state index is 0.197. The Morgan fingerprint density at radius 2 is 2.16 bits per heavy atom. The molecule has 0 saturated carbocycles. The number of β-lactam (4-membered cyclic amide) rings is 1. The van der Waals surface area contributed by atoms with Crippen molar-refractivity contribution in [2.75, 3.05) is 5.75 Å². The molecule has 25 heavy (non-hydrogen) atoms. The van der Waals surface area contributed by atoms with E-state index in [0.717, 1.165) is 16.1 Å². The molecule has 6 nitrogen and oxygen atoms in total. The zero-order chi connectivity index (χ0) is 18.4. The third-order valence-corrected chi connectivity index (χ3v) is 6.07. The van der Waals surface area contributed by atoms with Crippen LogP contribution in [0.25, 0.3) is 6.08 Å². The molecule has 0 spiro atoms. The van der Waals surface area contributed by atoms with Crippen LogP contribution in [0.15, 0.2) is 22.9 Å². The van der Waals surface area contributed by atoms with E-state index >= 15 is 0 Å². The van der Waals surface area contributed by atoms with E-state index in [-0.39, 0.29) is 11.3 Å². The second kappa shape index (κ2) is 6.59. The van der Waals surface area contributed by atoms with Crippen molar-refractivity contribution in [3.8, 4) is 0 Å². The maximum Gasteiger partial charge on any atom is 0.355 e. The molecule has 2 N–H and O–H groups in total. The van der Waals surface area contributed by atoms with Crippen LogP contribution in [-0.4, -0.2) is 44.5 Å². The standard InChI is InChI=1S/C17H21N3O3S2/c1-9-11(25-8-19-9)6-5-10-7-24-15-12(18)14(21)20(15)13(10)16(22)23-17(2,3)4/h5-6,8,12,15H,7,18H2,1-4H3/b6-5-. The van der Waals surface area contributed by atoms with Crippen molar-refractivity contribution >= 4 is 41.1 Å². The zero-order valence-corrected chi connectivity index (χ0v) is 16.2. The number of aromatic nitrogens is 1. The molecule has 8 heteroatoms. The van der Waals surface area contributed by atoms with Crippen LogP contribution in [0.3, 0.4) is 0 Å². The number of aryl methyl sites for hydroxylation is 1. The fourth-order valence-electron chi connectivity index (χ4n) is 2.63. The summed E-state index contributed by atoms with van der Waals surface area (Å²) in [5, 5.41) is -0.197. The number of nitrogens with two attached hydrogens (primary N) is 1. The average molecular weight is 380 g/mol. The number of ether oxygens (including phenoxy) is 1. The molecule has 1 fully saturated rings. The molecule has 3 heterocycles. The number of fused-ring (bicyclic) bond motifs is 1. The molecule has 1 aromatic heterocycles. The highest BCUT2D eigenvalue weighted by Gasteiger charge is 2.52. The minimum atomic E-state index is -0.636. The number of thioether (sulfide) groups is 1. The van der Waals surface area contributed by atoms with Crippen LogP contribution in [0.5, 0.6) is 0 Å². The van der Waals surface area contributed by atoms with Gasteiger partial charge >= 0.3 is 5.97 Å². The number of esters is 1. The zero-order valence-electron chi connectivity index (χ0n) is 14.6. The molecule has 3 rings (SSSR count). The van der Waals surface area contributed by atoms with E-state index in [9.17, 15) is 9.59 Å². The van der Waals surface area contributed by atoms with Gasteiger partial charge in [-0.15, -0.1) is 23.1 Å². The third-order valence-electron chi connectivity index (χ3n) is 3.85. The highest BCUT2D eigenvalue weighted by Crippen LogP contribution is 2.40. The number of hydrogen-bond donors (Lipinski definition) is 1. The van der Waals surface area contributed by atoms with Crippen molar-refractivity contribution in [3.63, 3.8) is 0 Å². The van der Waals surface area contributed by atoms with Gasteiger partial charge in [0.05, 0.1) is 11.2 Å². The summed E-state index contributed by atoms with van der Waals surface area (Å²) in [5.41, 5.74) is 9.03. The highest BCUT2D eigenvalue weighted by atomic mass is 32.2. The van der Waals surface area contributed by atoms with Gasteiger partial charge in [-0.05, 0) is 39.3 Å². The van der Waals surface area contributed by atoms with E-state index in [0.29, 0.717) is 11.4 Å². The van der Waals surface area contributed by atoms with Crippen molar-refractivity contribution in [1.82, 2.24) is 9.88 Å². The number of carbonyl (C=O) groups is 2. The molecule has 2 unspecified atom stereocenters. The fourth-order valence-corrected chi connectivity index (χ4v) is 4.59. The van der Waals surface area contributed by atoms with Crippen LogP contribution in [-0.2, 0) is 14.3 Å². The number of nitrogens with zero attached hydrogens (tertiary/aromatic N) is 2. The maximum absolute atomic E-state index is 12.7. The Balaban J connectivity index is 1.97. The van der Waals surface area contributed by atoms with Crippen LogP contribution in [0.2, 0.25) is 0 Å². The van der Waals surface area contributed by atoms with Crippen LogP contribution < -0.4 is 5.73 Å². The normalized spacial score (nSPS) is 23.7. The number of carbonyl (C=O) groups excluding carboxylic acids is 2. The van der Waals surface area contributed by atoms with Crippen LogP contribution in [0, 0.1) is 6.92 Å². The summed E-state index contributed by atoms with van der Waals surface area (Å²) >= 11 is 3.09. The summed E-state index contributed by atoms with van der Waals surface area (Å²) in [5.74, 6) is -0.123. The number of amides is 1. The molecule has 0 aromatic carbocycles. The van der Waals surface area contributed by atoms with Gasteiger partial charge in [0.2, 0.25) is 5.91 Å². The lowest BCUT2D eigenvalue weighted by molar-refractivity contribution is -0.157. The van der Waals surface area contributed by atoms with Crippen LogP contribution in [0.4, 0.5) is 0 Å². The van der Waals surface area contributed by atoms with E-state index in [1.165, 1.54) is 16.2 Å². The summed E-state index contributed by atoms with van der Waals surface area (Å²) < 4.78 is 5.52. The predicted molar refractivity (Wildman–Crippen MR) is 99.8 cm³/mol. The Morgan fingerprint density at radius 3 is 2.76 bits per heavy atom. The van der Waals surface area contributed by atoms with E-state index in [1.807, 2.05) is 19.1 Å². The maximum atomic E-state index is 12.7. The smallest absolute Gasteiger partial charge is 0.355 e. The lowest BCUT2D eigenvalue weighted by Crippen LogP contribution is -2.68. The first-order chi connectivity index (χ1) is 11.7. The number of allylic oxidation sites excluding steroid dienone is 1. The SMILES string of the molecule is Cc1ncsc1/C=C\C1=C(C(=O)OC(C)(C)C)N2C(=O)C(N)C2SC1. The molecule has 1 amide bonds. The van der Waals surface area contributed by atoms with Gasteiger partial charge in [-0.2, -0.15) is 0 Å². The number of hydrogen-bond acceptors (Lipinski definition) is 7. The highest BCUT2D eigenvalue weighted by molar-refractivity contribution is 8.00. The van der Waals surface area contributed by atoms with Gasteiger partial charge in [0.1, 0.15) is 22.7 Å². The quantitative estimate of drug-likeness (QED) is 0.641. The molecular formula is C17H21N3O3S2. The van der Waals surface area contributed by atoms with Crippen molar-refractivity contribution in [1.29, 1.82) is 0 Å². The molecule has 2 aliphatic heterocycles. The van der Waals surface area contributed by atoms with Crippen LogP contribution in [0.1, 0.15) is 31.3 Å². The average Bonchev–Trinajstić information content (AvgIpc) is 2.94. The monoisotopic (exact) mass is 379 g/mol. The van der Waals surface area contributed by atoms with E-state index in [1.54, 1.807) is 38.0 Å². The summed E-state index contributed by atoms with van der Waals surface area (Å²) in [6.45, 7) is 7.35. The van der Waals surface area contributed by atoms with Gasteiger partial charge in [-0.1, -0.05) is 6.08 Å². The van der Waals surface area contributed by atoms with Crippen molar-refractivity contribution in [2.45, 2.75) is 44.7 Å². The number of thiazole rings is 1. The lowest BCUT2D eigenvalue weighted by atomic mass is 10.0. The molecule has 0 radical (unpaired) electrons. The molecule has 0 bridgehead atoms. The van der Waals surface area contributed by atoms with E-state index in [2.05, 4.69) is 4.98 Å². The Labute approximate surface area is 155 Å². The van der Waals surface area contributed by atoms with Crippen molar-refractivity contribution < 1.29 is 14.3 Å². The Hall–Kier alpha value is -1.64. The first-order valence-corrected chi connectivity index (χ1v) is 9.87. The molecule has 2 atom stereocenters. The summed E-state index contributed by atoms with van der Waals surface area (Å²) in [4.78, 5) is 31.7. The van der Waals surface area contributed by atoms with Gasteiger partial charge in [-0.25, -0.2) is 9.78 Å². The van der Waals surface area contributed by atoms with Gasteiger partial charge < -0.3 is 10.5 Å². The molecular weight excluding hydrogens is 358 g/mol. The summed E-state index contributed by atoms with van der Waals surface area (Å²) in [6, 6.07) is -0.559. The third kappa shape index (κ3) is 3.51.